The first kappa shape index (κ1) is 21.6. The van der Waals surface area contributed by atoms with Gasteiger partial charge in [-0.05, 0) is 48.7 Å². The van der Waals surface area contributed by atoms with Crippen molar-refractivity contribution in [3.63, 3.8) is 0 Å². The fraction of sp³-hybridized carbons (Fsp3) is 0.261. The van der Waals surface area contributed by atoms with Gasteiger partial charge >= 0.3 is 6.18 Å². The van der Waals surface area contributed by atoms with Gasteiger partial charge in [0.15, 0.2) is 5.82 Å². The molecule has 0 unspecified atom stereocenters. The van der Waals surface area contributed by atoms with Crippen molar-refractivity contribution in [2.24, 2.45) is 0 Å². The lowest BCUT2D eigenvalue weighted by Gasteiger charge is -2.17. The number of rotatable bonds is 6. The van der Waals surface area contributed by atoms with Gasteiger partial charge in [-0.3, -0.25) is 4.79 Å². The molecule has 1 aliphatic heterocycles. The summed E-state index contributed by atoms with van der Waals surface area (Å²) in [4.78, 5) is 14.5. The Morgan fingerprint density at radius 2 is 1.72 bits per heavy atom. The highest BCUT2D eigenvalue weighted by atomic mass is 19.4. The van der Waals surface area contributed by atoms with E-state index in [9.17, 15) is 18.0 Å². The largest absolute Gasteiger partial charge is 0.416 e. The number of carbonyl (C=O) groups is 1. The molecule has 2 N–H and O–H groups in total. The maximum Gasteiger partial charge on any atom is 0.416 e. The van der Waals surface area contributed by atoms with Crippen LogP contribution in [-0.2, 0) is 17.4 Å². The van der Waals surface area contributed by atoms with Gasteiger partial charge in [-0.25, -0.2) is 0 Å². The molecule has 0 bridgehead atoms. The monoisotopic (exact) mass is 441 g/mol. The second kappa shape index (κ2) is 9.25. The predicted molar refractivity (Wildman–Crippen MR) is 117 cm³/mol. The summed E-state index contributed by atoms with van der Waals surface area (Å²) in [6.45, 7) is 2.03. The number of hydrogen-bond donors (Lipinski definition) is 2. The summed E-state index contributed by atoms with van der Waals surface area (Å²) in [5.74, 6) is 0.227. The zero-order valence-corrected chi connectivity index (χ0v) is 17.2. The molecule has 1 aliphatic rings. The number of benzene rings is 2. The van der Waals surface area contributed by atoms with Gasteiger partial charge in [0.25, 0.3) is 0 Å². The van der Waals surface area contributed by atoms with E-state index in [1.54, 1.807) is 30.5 Å². The van der Waals surface area contributed by atoms with Crippen molar-refractivity contribution in [3.05, 3.63) is 71.9 Å². The first-order chi connectivity index (χ1) is 15.4. The van der Waals surface area contributed by atoms with Crippen molar-refractivity contribution >= 4 is 28.8 Å². The minimum atomic E-state index is -4.44. The molecular weight excluding hydrogens is 419 g/mol. The summed E-state index contributed by atoms with van der Waals surface area (Å²) in [6.07, 6.45) is -0.492. The maximum atomic E-state index is 12.8. The first-order valence-corrected chi connectivity index (χ1v) is 10.3. The van der Waals surface area contributed by atoms with E-state index >= 15 is 0 Å². The van der Waals surface area contributed by atoms with Gasteiger partial charge in [0.1, 0.15) is 0 Å². The SMILES string of the molecule is O=C(Cc1cccc(C(F)(F)F)c1)Nc1ccc(Nc2cc(N3CCCC3)cnn2)cc1. The molecule has 32 heavy (non-hydrogen) atoms. The Labute approximate surface area is 183 Å². The summed E-state index contributed by atoms with van der Waals surface area (Å²) in [7, 11) is 0. The van der Waals surface area contributed by atoms with Crippen molar-refractivity contribution in [3.8, 4) is 0 Å². The standard InChI is InChI=1S/C23H22F3N5O/c24-23(25,26)17-5-3-4-16(12-17)13-22(32)29-19-8-6-18(7-9-19)28-21-14-20(15-27-30-21)31-10-1-2-11-31/h3-9,12,14-15H,1-2,10-11,13H2,(H,28,30)(H,29,32). The van der Waals surface area contributed by atoms with E-state index in [-0.39, 0.29) is 6.42 Å². The molecule has 6 nitrogen and oxygen atoms in total. The van der Waals surface area contributed by atoms with Crippen molar-refractivity contribution in [2.75, 3.05) is 28.6 Å². The van der Waals surface area contributed by atoms with Gasteiger partial charge in [-0.1, -0.05) is 18.2 Å². The third-order valence-electron chi connectivity index (χ3n) is 5.17. The fourth-order valence-electron chi connectivity index (χ4n) is 3.60. The minimum Gasteiger partial charge on any atom is -0.370 e. The summed E-state index contributed by atoms with van der Waals surface area (Å²) < 4.78 is 38.5. The molecule has 0 radical (unpaired) electrons. The highest BCUT2D eigenvalue weighted by Gasteiger charge is 2.30. The third kappa shape index (κ3) is 5.54. The van der Waals surface area contributed by atoms with Crippen LogP contribution in [-0.4, -0.2) is 29.2 Å². The summed E-state index contributed by atoms with van der Waals surface area (Å²) >= 11 is 0. The van der Waals surface area contributed by atoms with Crippen LogP contribution in [0.3, 0.4) is 0 Å². The van der Waals surface area contributed by atoms with E-state index in [1.165, 1.54) is 25.0 Å². The Morgan fingerprint density at radius 1 is 1.00 bits per heavy atom. The normalized spacial score (nSPS) is 13.8. The lowest BCUT2D eigenvalue weighted by atomic mass is 10.1. The van der Waals surface area contributed by atoms with Gasteiger partial charge < -0.3 is 15.5 Å². The van der Waals surface area contributed by atoms with Crippen LogP contribution in [0.4, 0.5) is 36.1 Å². The van der Waals surface area contributed by atoms with Crippen LogP contribution in [0.2, 0.25) is 0 Å². The molecule has 9 heteroatoms. The molecule has 4 rings (SSSR count). The van der Waals surface area contributed by atoms with Gasteiger partial charge in [0.05, 0.1) is 23.9 Å². The van der Waals surface area contributed by atoms with Gasteiger partial charge in [-0.15, -0.1) is 5.10 Å². The number of nitrogens with zero attached hydrogens (tertiary/aromatic N) is 3. The maximum absolute atomic E-state index is 12.8. The number of aromatic nitrogens is 2. The van der Waals surface area contributed by atoms with Crippen LogP contribution in [0.1, 0.15) is 24.0 Å². The highest BCUT2D eigenvalue weighted by molar-refractivity contribution is 5.92. The third-order valence-corrected chi connectivity index (χ3v) is 5.17. The van der Waals surface area contributed by atoms with Gasteiger partial charge in [0, 0.05) is 30.5 Å². The Balaban J connectivity index is 1.35. The number of alkyl halides is 3. The molecule has 0 saturated carbocycles. The van der Waals surface area contributed by atoms with Gasteiger partial charge in [0.2, 0.25) is 5.91 Å². The average Bonchev–Trinajstić information content (AvgIpc) is 3.30. The molecule has 0 aliphatic carbocycles. The van der Waals surface area contributed by atoms with E-state index in [0.717, 1.165) is 36.6 Å². The molecule has 1 fully saturated rings. The zero-order valence-electron chi connectivity index (χ0n) is 17.2. The smallest absolute Gasteiger partial charge is 0.370 e. The van der Waals surface area contributed by atoms with E-state index in [1.807, 2.05) is 6.07 Å². The predicted octanol–water partition coefficient (Wildman–Crippen LogP) is 5.02. The Kier molecular flexibility index (Phi) is 6.25. The van der Waals surface area contributed by atoms with Crippen molar-refractivity contribution < 1.29 is 18.0 Å². The number of amides is 1. The van der Waals surface area contributed by atoms with Crippen LogP contribution >= 0.6 is 0 Å². The van der Waals surface area contributed by atoms with Crippen LogP contribution < -0.4 is 15.5 Å². The summed E-state index contributed by atoms with van der Waals surface area (Å²) in [5, 5.41) is 14.1. The second-order valence-corrected chi connectivity index (χ2v) is 7.62. The Hall–Kier alpha value is -3.62. The average molecular weight is 441 g/mol. The van der Waals surface area contributed by atoms with E-state index in [2.05, 4.69) is 25.7 Å². The van der Waals surface area contributed by atoms with Crippen LogP contribution in [0.25, 0.3) is 0 Å². The van der Waals surface area contributed by atoms with Crippen LogP contribution in [0.5, 0.6) is 0 Å². The zero-order chi connectivity index (χ0) is 22.6. The molecule has 0 atom stereocenters. The Morgan fingerprint density at radius 3 is 2.44 bits per heavy atom. The molecule has 1 amide bonds. The molecule has 0 spiro atoms. The summed E-state index contributed by atoms with van der Waals surface area (Å²) in [5.41, 5.74) is 1.87. The fourth-order valence-corrected chi connectivity index (χ4v) is 3.60. The molecule has 2 aromatic carbocycles. The molecule has 2 heterocycles. The topological polar surface area (TPSA) is 70.2 Å². The van der Waals surface area contributed by atoms with E-state index in [0.29, 0.717) is 17.1 Å². The molecule has 1 saturated heterocycles. The minimum absolute atomic E-state index is 0.150. The lowest BCUT2D eigenvalue weighted by Crippen LogP contribution is -2.18. The van der Waals surface area contributed by atoms with E-state index < -0.39 is 17.6 Å². The van der Waals surface area contributed by atoms with Crippen molar-refractivity contribution in [1.82, 2.24) is 10.2 Å². The van der Waals surface area contributed by atoms with Crippen molar-refractivity contribution in [1.29, 1.82) is 0 Å². The number of halogens is 3. The molecular formula is C23H22F3N5O. The number of anilines is 4. The lowest BCUT2D eigenvalue weighted by molar-refractivity contribution is -0.137. The highest BCUT2D eigenvalue weighted by Crippen LogP contribution is 2.29. The van der Waals surface area contributed by atoms with Crippen LogP contribution in [0.15, 0.2) is 60.8 Å². The van der Waals surface area contributed by atoms with Crippen molar-refractivity contribution in [2.45, 2.75) is 25.4 Å². The molecule has 3 aromatic rings. The van der Waals surface area contributed by atoms with Crippen LogP contribution in [0, 0.1) is 0 Å². The molecule has 1 aromatic heterocycles. The number of hydrogen-bond acceptors (Lipinski definition) is 5. The number of nitrogens with one attached hydrogen (secondary N) is 2. The molecule has 166 valence electrons. The quantitative estimate of drug-likeness (QED) is 0.562. The van der Waals surface area contributed by atoms with Gasteiger partial charge in [-0.2, -0.15) is 18.3 Å². The number of carbonyl (C=O) groups excluding carboxylic acids is 1. The first-order valence-electron chi connectivity index (χ1n) is 10.3. The Bertz CT molecular complexity index is 1080. The summed E-state index contributed by atoms with van der Waals surface area (Å²) in [6, 6.07) is 13.7. The second-order valence-electron chi connectivity index (χ2n) is 7.62. The van der Waals surface area contributed by atoms with E-state index in [4.69, 9.17) is 0 Å².